The lowest BCUT2D eigenvalue weighted by Crippen LogP contribution is -2.20. The van der Waals surface area contributed by atoms with Gasteiger partial charge in [0, 0.05) is 0 Å². The first kappa shape index (κ1) is 13.2. The molecular formula is C15H19NOS. The lowest BCUT2D eigenvalue weighted by atomic mass is 9.95. The van der Waals surface area contributed by atoms with Crippen molar-refractivity contribution >= 4 is 16.8 Å². The van der Waals surface area contributed by atoms with E-state index in [1.807, 2.05) is 19.1 Å². The van der Waals surface area contributed by atoms with E-state index in [0.717, 1.165) is 10.8 Å². The molecule has 0 N–H and O–H groups in total. The first-order valence-electron chi connectivity index (χ1n) is 6.10. The zero-order valence-electron chi connectivity index (χ0n) is 11.3. The van der Waals surface area contributed by atoms with Crippen LogP contribution >= 0.6 is 11.8 Å². The molecule has 0 amide bonds. The first-order valence-corrected chi connectivity index (χ1v) is 6.98. The van der Waals surface area contributed by atoms with Crippen LogP contribution in [0, 0.1) is 0 Å². The standard InChI is InChI=1S/C15H19NOS/c1-5-12(17-4)14-16-15(2,3)13(18-14)11-9-7-6-8-10-11/h5-10,13H,1-4H3/b12-5-. The average molecular weight is 261 g/mol. The minimum atomic E-state index is -0.103. The maximum Gasteiger partial charge on any atom is 0.146 e. The predicted molar refractivity (Wildman–Crippen MR) is 79.1 cm³/mol. The Morgan fingerprint density at radius 1 is 1.33 bits per heavy atom. The van der Waals surface area contributed by atoms with Crippen molar-refractivity contribution in [1.82, 2.24) is 0 Å². The van der Waals surface area contributed by atoms with E-state index < -0.39 is 0 Å². The van der Waals surface area contributed by atoms with Crippen molar-refractivity contribution < 1.29 is 4.74 Å². The summed E-state index contributed by atoms with van der Waals surface area (Å²) in [5.74, 6) is 0.867. The highest BCUT2D eigenvalue weighted by Crippen LogP contribution is 2.48. The second kappa shape index (κ2) is 5.19. The smallest absolute Gasteiger partial charge is 0.146 e. The highest BCUT2D eigenvalue weighted by atomic mass is 32.2. The molecule has 1 aliphatic rings. The molecule has 0 aliphatic carbocycles. The van der Waals surface area contributed by atoms with Gasteiger partial charge in [-0.05, 0) is 32.4 Å². The number of rotatable bonds is 3. The van der Waals surface area contributed by atoms with E-state index in [0.29, 0.717) is 5.25 Å². The van der Waals surface area contributed by atoms with Crippen LogP contribution in [0.2, 0.25) is 0 Å². The molecule has 2 rings (SSSR count). The molecule has 0 spiro atoms. The number of ether oxygens (including phenoxy) is 1. The molecule has 1 aromatic rings. The highest BCUT2D eigenvalue weighted by Gasteiger charge is 2.39. The fourth-order valence-electron chi connectivity index (χ4n) is 2.15. The number of hydrogen-bond acceptors (Lipinski definition) is 3. The Labute approximate surface area is 113 Å². The van der Waals surface area contributed by atoms with Gasteiger partial charge in [0.05, 0.1) is 17.9 Å². The van der Waals surface area contributed by atoms with E-state index >= 15 is 0 Å². The average Bonchev–Trinajstić information content (AvgIpc) is 2.68. The largest absolute Gasteiger partial charge is 0.494 e. The van der Waals surface area contributed by atoms with Crippen LogP contribution in [-0.2, 0) is 4.74 Å². The van der Waals surface area contributed by atoms with Crippen LogP contribution < -0.4 is 0 Å². The van der Waals surface area contributed by atoms with E-state index in [1.54, 1.807) is 18.9 Å². The Bertz CT molecular complexity index is 477. The number of thioether (sulfide) groups is 1. The molecule has 1 heterocycles. The maximum atomic E-state index is 5.37. The molecule has 1 aliphatic heterocycles. The van der Waals surface area contributed by atoms with Crippen molar-refractivity contribution in [3.8, 4) is 0 Å². The number of allylic oxidation sites excluding steroid dienone is 1. The number of benzene rings is 1. The highest BCUT2D eigenvalue weighted by molar-refractivity contribution is 8.15. The topological polar surface area (TPSA) is 21.6 Å². The molecule has 0 bridgehead atoms. The van der Waals surface area contributed by atoms with Gasteiger partial charge in [-0.1, -0.05) is 42.1 Å². The van der Waals surface area contributed by atoms with Crippen molar-refractivity contribution in [3.05, 3.63) is 47.7 Å². The van der Waals surface area contributed by atoms with Crippen molar-refractivity contribution in [3.63, 3.8) is 0 Å². The summed E-state index contributed by atoms with van der Waals surface area (Å²) in [5.41, 5.74) is 1.21. The van der Waals surface area contributed by atoms with Gasteiger partial charge in [-0.25, -0.2) is 0 Å². The summed E-state index contributed by atoms with van der Waals surface area (Å²) in [6.45, 7) is 6.33. The zero-order chi connectivity index (χ0) is 13.2. The lowest BCUT2D eigenvalue weighted by Gasteiger charge is -2.23. The second-order valence-corrected chi connectivity index (χ2v) is 5.93. The fraction of sp³-hybridized carbons (Fsp3) is 0.400. The molecule has 1 aromatic carbocycles. The van der Waals surface area contributed by atoms with E-state index in [-0.39, 0.29) is 5.54 Å². The number of methoxy groups -OCH3 is 1. The van der Waals surface area contributed by atoms with Gasteiger partial charge in [0.2, 0.25) is 0 Å². The molecule has 0 saturated heterocycles. The number of aliphatic imine (C=N–C) groups is 1. The fourth-order valence-corrected chi connectivity index (χ4v) is 3.61. The summed E-state index contributed by atoms with van der Waals surface area (Å²) in [5, 5.41) is 1.35. The third-order valence-corrected chi connectivity index (χ3v) is 4.66. The summed E-state index contributed by atoms with van der Waals surface area (Å²) in [6, 6.07) is 10.5. The molecular weight excluding hydrogens is 242 g/mol. The SMILES string of the molecule is C/C=C(\OC)C1=NC(C)(C)C(c2ccccc2)S1. The maximum absolute atomic E-state index is 5.37. The summed E-state index contributed by atoms with van der Waals surface area (Å²) >= 11 is 1.78. The molecule has 18 heavy (non-hydrogen) atoms. The minimum Gasteiger partial charge on any atom is -0.494 e. The van der Waals surface area contributed by atoms with Gasteiger partial charge in [0.1, 0.15) is 10.8 Å². The molecule has 96 valence electrons. The Morgan fingerprint density at radius 3 is 2.56 bits per heavy atom. The Balaban J connectivity index is 2.29. The van der Waals surface area contributed by atoms with Crippen LogP contribution in [0.3, 0.4) is 0 Å². The van der Waals surface area contributed by atoms with Gasteiger partial charge in [0.15, 0.2) is 0 Å². The number of hydrogen-bond donors (Lipinski definition) is 0. The monoisotopic (exact) mass is 261 g/mol. The predicted octanol–water partition coefficient (Wildman–Crippen LogP) is 4.20. The Morgan fingerprint density at radius 2 is 2.00 bits per heavy atom. The summed E-state index contributed by atoms with van der Waals surface area (Å²) in [4.78, 5) is 4.81. The second-order valence-electron chi connectivity index (χ2n) is 4.84. The van der Waals surface area contributed by atoms with Crippen molar-refractivity contribution in [2.75, 3.05) is 7.11 Å². The summed E-state index contributed by atoms with van der Waals surface area (Å²) in [7, 11) is 1.70. The molecule has 3 heteroatoms. The van der Waals surface area contributed by atoms with E-state index in [1.165, 1.54) is 5.56 Å². The van der Waals surface area contributed by atoms with Crippen LogP contribution in [0.1, 0.15) is 31.6 Å². The third kappa shape index (κ3) is 2.46. The van der Waals surface area contributed by atoms with Gasteiger partial charge in [-0.2, -0.15) is 0 Å². The van der Waals surface area contributed by atoms with Gasteiger partial charge >= 0.3 is 0 Å². The molecule has 0 aromatic heterocycles. The van der Waals surface area contributed by atoms with Crippen LogP contribution in [0.25, 0.3) is 0 Å². The lowest BCUT2D eigenvalue weighted by molar-refractivity contribution is 0.315. The number of nitrogens with zero attached hydrogens (tertiary/aromatic N) is 1. The molecule has 0 saturated carbocycles. The Kier molecular flexibility index (Phi) is 3.81. The van der Waals surface area contributed by atoms with Gasteiger partial charge < -0.3 is 4.74 Å². The van der Waals surface area contributed by atoms with Gasteiger partial charge in [0.25, 0.3) is 0 Å². The minimum absolute atomic E-state index is 0.103. The van der Waals surface area contributed by atoms with Crippen LogP contribution in [0.15, 0.2) is 47.2 Å². The first-order chi connectivity index (χ1) is 8.58. The van der Waals surface area contributed by atoms with Crippen LogP contribution in [0.5, 0.6) is 0 Å². The van der Waals surface area contributed by atoms with Crippen molar-refractivity contribution in [2.45, 2.75) is 31.6 Å². The van der Waals surface area contributed by atoms with Gasteiger partial charge in [-0.15, -0.1) is 0 Å². The summed E-state index contributed by atoms with van der Waals surface area (Å²) < 4.78 is 5.37. The summed E-state index contributed by atoms with van der Waals surface area (Å²) in [6.07, 6.45) is 1.97. The zero-order valence-corrected chi connectivity index (χ0v) is 12.1. The normalized spacial score (nSPS) is 22.8. The third-order valence-electron chi connectivity index (χ3n) is 3.06. The van der Waals surface area contributed by atoms with E-state index in [2.05, 4.69) is 38.1 Å². The molecule has 1 unspecified atom stereocenters. The Hall–Kier alpha value is -1.22. The van der Waals surface area contributed by atoms with Crippen LogP contribution in [-0.4, -0.2) is 17.7 Å². The quantitative estimate of drug-likeness (QED) is 0.760. The van der Waals surface area contributed by atoms with Crippen molar-refractivity contribution in [2.24, 2.45) is 4.99 Å². The van der Waals surface area contributed by atoms with E-state index in [4.69, 9.17) is 9.73 Å². The van der Waals surface area contributed by atoms with E-state index in [9.17, 15) is 0 Å². The molecule has 0 fully saturated rings. The van der Waals surface area contributed by atoms with Gasteiger partial charge in [-0.3, -0.25) is 4.99 Å². The molecule has 2 nitrogen and oxygen atoms in total. The van der Waals surface area contributed by atoms with Crippen molar-refractivity contribution in [1.29, 1.82) is 0 Å². The molecule has 0 radical (unpaired) electrons. The van der Waals surface area contributed by atoms with Crippen LogP contribution in [0.4, 0.5) is 0 Å². The molecule has 1 atom stereocenters.